The van der Waals surface area contributed by atoms with Gasteiger partial charge in [-0.05, 0) is 6.42 Å². The van der Waals surface area contributed by atoms with E-state index in [2.05, 4.69) is 5.32 Å². The summed E-state index contributed by atoms with van der Waals surface area (Å²) in [4.78, 5) is 33.6. The molecule has 1 heterocycles. The second kappa shape index (κ2) is 5.13. The maximum Gasteiger partial charge on any atom is 0.363 e. The molecule has 1 unspecified atom stereocenters. The largest absolute Gasteiger partial charge is 0.462 e. The van der Waals surface area contributed by atoms with Gasteiger partial charge in [0.15, 0.2) is 6.10 Å². The van der Waals surface area contributed by atoms with Crippen LogP contribution in [0.15, 0.2) is 0 Å². The lowest BCUT2D eigenvalue weighted by Gasteiger charge is -2.26. The van der Waals surface area contributed by atoms with Gasteiger partial charge < -0.3 is 19.9 Å². The van der Waals surface area contributed by atoms with E-state index in [4.69, 9.17) is 9.47 Å². The maximum atomic E-state index is 11.6. The van der Waals surface area contributed by atoms with Gasteiger partial charge in [0.2, 0.25) is 5.91 Å². The van der Waals surface area contributed by atoms with Crippen molar-refractivity contribution in [2.45, 2.75) is 38.5 Å². The van der Waals surface area contributed by atoms with Crippen molar-refractivity contribution in [3.8, 4) is 0 Å². The second-order valence-electron chi connectivity index (χ2n) is 3.75. The van der Waals surface area contributed by atoms with E-state index in [1.54, 1.807) is 6.92 Å². The van der Waals surface area contributed by atoms with Crippen LogP contribution in [-0.4, -0.2) is 41.4 Å². The molecule has 0 aliphatic carbocycles. The van der Waals surface area contributed by atoms with Crippen LogP contribution in [0.2, 0.25) is 0 Å². The summed E-state index contributed by atoms with van der Waals surface area (Å²) < 4.78 is 9.47. The lowest BCUT2D eigenvalue weighted by atomic mass is 10.1. The third-order valence-corrected chi connectivity index (χ3v) is 2.22. The first-order valence-corrected chi connectivity index (χ1v) is 5.28. The Morgan fingerprint density at radius 3 is 2.76 bits per heavy atom. The van der Waals surface area contributed by atoms with Crippen LogP contribution in [0.5, 0.6) is 0 Å². The highest BCUT2D eigenvalue weighted by Gasteiger charge is 2.55. The van der Waals surface area contributed by atoms with Crippen molar-refractivity contribution < 1.29 is 29.0 Å². The summed E-state index contributed by atoms with van der Waals surface area (Å²) in [6.07, 6.45) is -0.942. The Kier molecular flexibility index (Phi) is 4.06. The summed E-state index contributed by atoms with van der Waals surface area (Å²) >= 11 is 0. The van der Waals surface area contributed by atoms with Gasteiger partial charge in [-0.3, -0.25) is 9.59 Å². The number of nitrogens with one attached hydrogen (secondary N) is 1. The van der Waals surface area contributed by atoms with Crippen LogP contribution in [0.3, 0.4) is 0 Å². The van der Waals surface area contributed by atoms with E-state index in [-0.39, 0.29) is 13.0 Å². The molecule has 0 spiro atoms. The molecule has 1 fully saturated rings. The molecule has 0 bridgehead atoms. The minimum Gasteiger partial charge on any atom is -0.462 e. The summed E-state index contributed by atoms with van der Waals surface area (Å²) in [6, 6.07) is 0. The number of ether oxygens (including phenoxy) is 2. The molecular weight excluding hydrogens is 230 g/mol. The average molecular weight is 245 g/mol. The smallest absolute Gasteiger partial charge is 0.363 e. The molecule has 0 radical (unpaired) electrons. The zero-order valence-electron chi connectivity index (χ0n) is 9.69. The fourth-order valence-electron chi connectivity index (χ4n) is 1.47. The van der Waals surface area contributed by atoms with Gasteiger partial charge in [-0.25, -0.2) is 4.79 Å². The Morgan fingerprint density at radius 1 is 1.59 bits per heavy atom. The molecule has 0 aromatic rings. The normalized spacial score (nSPS) is 27.5. The zero-order valence-corrected chi connectivity index (χ0v) is 9.69. The Morgan fingerprint density at radius 2 is 2.24 bits per heavy atom. The highest BCUT2D eigenvalue weighted by atomic mass is 16.6. The monoisotopic (exact) mass is 245 g/mol. The molecule has 2 atom stereocenters. The van der Waals surface area contributed by atoms with Crippen molar-refractivity contribution >= 4 is 17.8 Å². The van der Waals surface area contributed by atoms with E-state index in [0.717, 1.165) is 6.92 Å². The first kappa shape index (κ1) is 13.4. The van der Waals surface area contributed by atoms with E-state index in [9.17, 15) is 19.5 Å². The fraction of sp³-hybridized carbons (Fsp3) is 0.700. The van der Waals surface area contributed by atoms with Crippen molar-refractivity contribution in [1.29, 1.82) is 0 Å². The number of hydrogen-bond acceptors (Lipinski definition) is 6. The van der Waals surface area contributed by atoms with Crippen LogP contribution in [-0.2, 0) is 23.9 Å². The maximum absolute atomic E-state index is 11.6. The number of esters is 2. The molecule has 17 heavy (non-hydrogen) atoms. The Hall–Kier alpha value is -1.63. The molecule has 1 amide bonds. The van der Waals surface area contributed by atoms with Crippen LogP contribution in [0.1, 0.15) is 26.7 Å². The molecule has 2 N–H and O–H groups in total. The van der Waals surface area contributed by atoms with Crippen LogP contribution in [0.25, 0.3) is 0 Å². The molecule has 1 aliphatic rings. The van der Waals surface area contributed by atoms with E-state index in [1.165, 1.54) is 0 Å². The molecule has 1 rings (SSSR count). The quantitative estimate of drug-likeness (QED) is 0.621. The fourth-order valence-corrected chi connectivity index (χ4v) is 1.47. The lowest BCUT2D eigenvalue weighted by Crippen LogP contribution is -2.57. The molecule has 1 saturated heterocycles. The van der Waals surface area contributed by atoms with Gasteiger partial charge in [0, 0.05) is 6.92 Å². The zero-order chi connectivity index (χ0) is 13.1. The lowest BCUT2D eigenvalue weighted by molar-refractivity contribution is -0.186. The standard InChI is InChI=1S/C10H15NO6/c1-3-4-16-9(14)10(15)7(17-6(2)12)5-8(13)11-10/h7,15H,3-5H2,1-2H3,(H,11,13)/t7?,10-/m1/s1. The van der Waals surface area contributed by atoms with Crippen molar-refractivity contribution in [3.63, 3.8) is 0 Å². The van der Waals surface area contributed by atoms with Gasteiger partial charge in [0.1, 0.15) is 0 Å². The van der Waals surface area contributed by atoms with Crippen LogP contribution in [0.4, 0.5) is 0 Å². The van der Waals surface area contributed by atoms with Crippen molar-refractivity contribution in [1.82, 2.24) is 5.32 Å². The SMILES string of the molecule is CCCOC(=O)[C@@]1(O)NC(=O)CC1OC(C)=O. The highest BCUT2D eigenvalue weighted by Crippen LogP contribution is 2.23. The Balaban J connectivity index is 2.78. The molecule has 96 valence electrons. The summed E-state index contributed by atoms with van der Waals surface area (Å²) in [6.45, 7) is 3.03. The molecular formula is C10H15NO6. The summed E-state index contributed by atoms with van der Waals surface area (Å²) in [5.74, 6) is -2.28. The number of carbonyl (C=O) groups is 3. The average Bonchev–Trinajstić information content (AvgIpc) is 2.50. The molecule has 0 saturated carbocycles. The van der Waals surface area contributed by atoms with Gasteiger partial charge in [0.25, 0.3) is 5.72 Å². The predicted octanol–water partition coefficient (Wildman–Crippen LogP) is -0.920. The summed E-state index contributed by atoms with van der Waals surface area (Å²) in [5, 5.41) is 12.0. The van der Waals surface area contributed by atoms with E-state index >= 15 is 0 Å². The van der Waals surface area contributed by atoms with Crippen LogP contribution < -0.4 is 5.32 Å². The Labute approximate surface area is 98.1 Å². The van der Waals surface area contributed by atoms with E-state index in [0.29, 0.717) is 6.42 Å². The van der Waals surface area contributed by atoms with Gasteiger partial charge in [-0.2, -0.15) is 0 Å². The number of amides is 1. The highest BCUT2D eigenvalue weighted by molar-refractivity contribution is 5.92. The third kappa shape index (κ3) is 2.94. The topological polar surface area (TPSA) is 102 Å². The number of carbonyl (C=O) groups excluding carboxylic acids is 3. The molecule has 0 aromatic carbocycles. The van der Waals surface area contributed by atoms with Crippen LogP contribution in [0, 0.1) is 0 Å². The van der Waals surface area contributed by atoms with Gasteiger partial charge in [-0.15, -0.1) is 0 Å². The minimum absolute atomic E-state index is 0.115. The summed E-state index contributed by atoms with van der Waals surface area (Å²) in [7, 11) is 0. The summed E-state index contributed by atoms with van der Waals surface area (Å²) in [5.41, 5.74) is -2.28. The van der Waals surface area contributed by atoms with Crippen LogP contribution >= 0.6 is 0 Å². The number of hydrogen-bond donors (Lipinski definition) is 2. The third-order valence-electron chi connectivity index (χ3n) is 2.22. The minimum atomic E-state index is -2.28. The van der Waals surface area contributed by atoms with Gasteiger partial charge in [-0.1, -0.05) is 6.92 Å². The Bertz CT molecular complexity index is 342. The van der Waals surface area contributed by atoms with E-state index in [1.807, 2.05) is 0 Å². The first-order chi connectivity index (χ1) is 7.90. The molecule has 0 aromatic heterocycles. The van der Waals surface area contributed by atoms with Crippen molar-refractivity contribution in [2.75, 3.05) is 6.61 Å². The van der Waals surface area contributed by atoms with Crippen molar-refractivity contribution in [3.05, 3.63) is 0 Å². The number of aliphatic hydroxyl groups is 1. The molecule has 1 aliphatic heterocycles. The molecule has 7 nitrogen and oxygen atoms in total. The van der Waals surface area contributed by atoms with Gasteiger partial charge in [0.05, 0.1) is 13.0 Å². The predicted molar refractivity (Wildman–Crippen MR) is 54.5 cm³/mol. The second-order valence-corrected chi connectivity index (χ2v) is 3.75. The number of rotatable bonds is 4. The van der Waals surface area contributed by atoms with Crippen molar-refractivity contribution in [2.24, 2.45) is 0 Å². The first-order valence-electron chi connectivity index (χ1n) is 5.28. The van der Waals surface area contributed by atoms with Gasteiger partial charge >= 0.3 is 11.9 Å². The van der Waals surface area contributed by atoms with E-state index < -0.39 is 29.7 Å². The molecule has 7 heteroatoms.